The fourth-order valence-electron chi connectivity index (χ4n) is 3.12. The van der Waals surface area contributed by atoms with E-state index < -0.39 is 0 Å². The zero-order chi connectivity index (χ0) is 15.5. The van der Waals surface area contributed by atoms with Gasteiger partial charge in [-0.2, -0.15) is 0 Å². The number of thiophene rings is 1. The molecule has 1 aliphatic carbocycles. The molecule has 2 aromatic heterocycles. The van der Waals surface area contributed by atoms with Crippen LogP contribution in [0.15, 0.2) is 22.6 Å². The Labute approximate surface area is 133 Å². The summed E-state index contributed by atoms with van der Waals surface area (Å²) in [5.41, 5.74) is -0.0561. The van der Waals surface area contributed by atoms with Crippen molar-refractivity contribution in [3.05, 3.63) is 28.1 Å². The monoisotopic (exact) mass is 319 g/mol. The molecule has 6 heteroatoms. The van der Waals surface area contributed by atoms with Gasteiger partial charge in [0.15, 0.2) is 0 Å². The second-order valence-corrected chi connectivity index (χ2v) is 6.82. The predicted octanol–water partition coefficient (Wildman–Crippen LogP) is 2.64. The number of fused-ring (bicyclic) bond motifs is 1. The van der Waals surface area contributed by atoms with Crippen molar-refractivity contribution >= 4 is 27.5 Å². The van der Waals surface area contributed by atoms with E-state index in [1.807, 2.05) is 17.3 Å². The molecule has 0 N–H and O–H groups in total. The van der Waals surface area contributed by atoms with E-state index in [2.05, 4.69) is 4.98 Å². The normalized spacial score (nSPS) is 16.0. The zero-order valence-corrected chi connectivity index (χ0v) is 13.6. The molecule has 0 bridgehead atoms. The van der Waals surface area contributed by atoms with Crippen LogP contribution in [0.2, 0.25) is 0 Å². The number of carbonyl (C=O) groups excluding carboxylic acids is 1. The second-order valence-electron chi connectivity index (χ2n) is 5.93. The molecule has 3 rings (SSSR count). The SMILES string of the molecule is CN(C(=O)CCn1cnc2sccc2c1=O)C1CCCCC1. The van der Waals surface area contributed by atoms with Gasteiger partial charge in [0, 0.05) is 26.1 Å². The standard InChI is InChI=1S/C16H21N3O2S/c1-18(12-5-3-2-4-6-12)14(20)7-9-19-11-17-15-13(16(19)21)8-10-22-15/h8,10-12H,2-7,9H2,1H3. The minimum Gasteiger partial charge on any atom is -0.343 e. The molecule has 0 saturated heterocycles. The summed E-state index contributed by atoms with van der Waals surface area (Å²) in [7, 11) is 1.89. The van der Waals surface area contributed by atoms with Crippen LogP contribution in [0, 0.1) is 0 Å². The minimum atomic E-state index is -0.0561. The lowest BCUT2D eigenvalue weighted by atomic mass is 9.94. The topological polar surface area (TPSA) is 55.2 Å². The molecule has 0 atom stereocenters. The largest absolute Gasteiger partial charge is 0.343 e. The van der Waals surface area contributed by atoms with E-state index in [1.54, 1.807) is 17.0 Å². The molecule has 2 aromatic rings. The van der Waals surface area contributed by atoms with Crippen molar-refractivity contribution in [1.82, 2.24) is 14.5 Å². The first-order chi connectivity index (χ1) is 10.7. The van der Waals surface area contributed by atoms with Crippen molar-refractivity contribution < 1.29 is 4.79 Å². The van der Waals surface area contributed by atoms with Crippen molar-refractivity contribution in [2.75, 3.05) is 7.05 Å². The van der Waals surface area contributed by atoms with Crippen molar-refractivity contribution in [3.8, 4) is 0 Å². The Hall–Kier alpha value is -1.69. The third-order valence-electron chi connectivity index (χ3n) is 4.53. The fourth-order valence-corrected chi connectivity index (χ4v) is 3.84. The van der Waals surface area contributed by atoms with Gasteiger partial charge in [0.1, 0.15) is 4.83 Å². The molecule has 1 saturated carbocycles. The second kappa shape index (κ2) is 6.60. The van der Waals surface area contributed by atoms with Crippen LogP contribution in [0.1, 0.15) is 38.5 Å². The Morgan fingerprint density at radius 1 is 1.41 bits per heavy atom. The highest BCUT2D eigenvalue weighted by atomic mass is 32.1. The van der Waals surface area contributed by atoms with Crippen LogP contribution < -0.4 is 5.56 Å². The first-order valence-electron chi connectivity index (χ1n) is 7.85. The molecule has 0 unspecified atom stereocenters. The van der Waals surface area contributed by atoms with Crippen LogP contribution in [0.3, 0.4) is 0 Å². The molecule has 0 radical (unpaired) electrons. The maximum atomic E-state index is 12.3. The molecular formula is C16H21N3O2S. The number of hydrogen-bond acceptors (Lipinski definition) is 4. The third kappa shape index (κ3) is 3.06. The van der Waals surface area contributed by atoms with E-state index >= 15 is 0 Å². The lowest BCUT2D eigenvalue weighted by Gasteiger charge is -2.31. The van der Waals surface area contributed by atoms with E-state index in [0.29, 0.717) is 24.4 Å². The molecule has 22 heavy (non-hydrogen) atoms. The van der Waals surface area contributed by atoms with Gasteiger partial charge in [0.25, 0.3) is 5.56 Å². The minimum absolute atomic E-state index is 0.0561. The van der Waals surface area contributed by atoms with Crippen molar-refractivity contribution in [2.24, 2.45) is 0 Å². The van der Waals surface area contributed by atoms with Gasteiger partial charge in [0.2, 0.25) is 5.91 Å². The van der Waals surface area contributed by atoms with Gasteiger partial charge in [-0.05, 0) is 24.3 Å². The molecule has 2 heterocycles. The van der Waals surface area contributed by atoms with Gasteiger partial charge in [-0.15, -0.1) is 11.3 Å². The van der Waals surface area contributed by atoms with Crippen molar-refractivity contribution in [2.45, 2.75) is 51.1 Å². The molecular weight excluding hydrogens is 298 g/mol. The fraction of sp³-hybridized carbons (Fsp3) is 0.562. The maximum absolute atomic E-state index is 12.3. The van der Waals surface area contributed by atoms with Gasteiger partial charge in [-0.3, -0.25) is 14.2 Å². The summed E-state index contributed by atoms with van der Waals surface area (Å²) in [4.78, 5) is 31.5. The zero-order valence-electron chi connectivity index (χ0n) is 12.8. The molecule has 1 amide bonds. The average molecular weight is 319 g/mol. The number of nitrogens with zero attached hydrogens (tertiary/aromatic N) is 3. The van der Waals surface area contributed by atoms with Gasteiger partial charge >= 0.3 is 0 Å². The van der Waals surface area contributed by atoms with Gasteiger partial charge < -0.3 is 4.90 Å². The number of aryl methyl sites for hydroxylation is 1. The molecule has 5 nitrogen and oxygen atoms in total. The number of carbonyl (C=O) groups is 1. The lowest BCUT2D eigenvalue weighted by Crippen LogP contribution is -2.39. The summed E-state index contributed by atoms with van der Waals surface area (Å²) in [5.74, 6) is 0.115. The molecule has 0 aliphatic heterocycles. The summed E-state index contributed by atoms with van der Waals surface area (Å²) < 4.78 is 1.54. The van der Waals surface area contributed by atoms with E-state index in [9.17, 15) is 9.59 Å². The number of rotatable bonds is 4. The number of amides is 1. The smallest absolute Gasteiger partial charge is 0.262 e. The highest BCUT2D eigenvalue weighted by Gasteiger charge is 2.21. The highest BCUT2D eigenvalue weighted by Crippen LogP contribution is 2.22. The van der Waals surface area contributed by atoms with Crippen LogP contribution in [0.5, 0.6) is 0 Å². The van der Waals surface area contributed by atoms with Gasteiger partial charge in [-0.1, -0.05) is 19.3 Å². The number of aromatic nitrogens is 2. The van der Waals surface area contributed by atoms with Crippen LogP contribution in [-0.2, 0) is 11.3 Å². The Morgan fingerprint density at radius 2 is 2.18 bits per heavy atom. The van der Waals surface area contributed by atoms with Crippen LogP contribution in [-0.4, -0.2) is 33.4 Å². The first-order valence-corrected chi connectivity index (χ1v) is 8.73. The summed E-state index contributed by atoms with van der Waals surface area (Å²) in [6.07, 6.45) is 7.80. The Balaban J connectivity index is 1.64. The van der Waals surface area contributed by atoms with Gasteiger partial charge in [0.05, 0.1) is 11.7 Å². The van der Waals surface area contributed by atoms with Crippen molar-refractivity contribution in [3.63, 3.8) is 0 Å². The molecule has 1 aliphatic rings. The predicted molar refractivity (Wildman–Crippen MR) is 88.1 cm³/mol. The molecule has 0 spiro atoms. The lowest BCUT2D eigenvalue weighted by molar-refractivity contribution is -0.132. The van der Waals surface area contributed by atoms with E-state index in [-0.39, 0.29) is 11.5 Å². The molecule has 118 valence electrons. The highest BCUT2D eigenvalue weighted by molar-refractivity contribution is 7.16. The van der Waals surface area contributed by atoms with Gasteiger partial charge in [-0.25, -0.2) is 4.98 Å². The van der Waals surface area contributed by atoms with Crippen LogP contribution in [0.25, 0.3) is 10.2 Å². The van der Waals surface area contributed by atoms with Crippen molar-refractivity contribution in [1.29, 1.82) is 0 Å². The molecule has 1 fully saturated rings. The average Bonchev–Trinajstić information content (AvgIpc) is 3.03. The van der Waals surface area contributed by atoms with E-state index in [4.69, 9.17) is 0 Å². The Kier molecular flexibility index (Phi) is 4.57. The summed E-state index contributed by atoms with van der Waals surface area (Å²) >= 11 is 1.46. The Morgan fingerprint density at radius 3 is 2.95 bits per heavy atom. The first kappa shape index (κ1) is 15.2. The maximum Gasteiger partial charge on any atom is 0.262 e. The summed E-state index contributed by atoms with van der Waals surface area (Å²) in [6.45, 7) is 0.396. The quantitative estimate of drug-likeness (QED) is 0.870. The van der Waals surface area contributed by atoms with E-state index in [0.717, 1.165) is 17.7 Å². The van der Waals surface area contributed by atoms with Crippen LogP contribution >= 0.6 is 11.3 Å². The number of hydrogen-bond donors (Lipinski definition) is 0. The third-order valence-corrected chi connectivity index (χ3v) is 5.35. The molecule has 0 aromatic carbocycles. The Bertz CT molecular complexity index is 715. The van der Waals surface area contributed by atoms with E-state index in [1.165, 1.54) is 30.6 Å². The summed E-state index contributed by atoms with van der Waals surface area (Å²) in [6, 6.07) is 2.16. The summed E-state index contributed by atoms with van der Waals surface area (Å²) in [5, 5.41) is 2.51. The van der Waals surface area contributed by atoms with Crippen LogP contribution in [0.4, 0.5) is 0 Å².